The summed E-state index contributed by atoms with van der Waals surface area (Å²) < 4.78 is 0. The topological polar surface area (TPSA) is 40.5 Å². The van der Waals surface area contributed by atoms with E-state index >= 15 is 0 Å². The van der Waals surface area contributed by atoms with Gasteiger partial charge in [0.05, 0.1) is 23.1 Å². The molecule has 0 radical (unpaired) electrons. The van der Waals surface area contributed by atoms with Crippen LogP contribution in [0, 0.1) is 6.92 Å². The maximum atomic E-state index is 4.46. The Morgan fingerprint density at radius 1 is 1.47 bits per heavy atom. The van der Waals surface area contributed by atoms with Gasteiger partial charge in [-0.15, -0.1) is 11.3 Å². The third kappa shape index (κ3) is 2.87. The fraction of sp³-hybridized carbons (Fsp3) is 0.429. The van der Waals surface area contributed by atoms with Crippen LogP contribution in [0.2, 0.25) is 0 Å². The Morgan fingerprint density at radius 3 is 2.95 bits per heavy atom. The lowest BCUT2D eigenvalue weighted by molar-refractivity contribution is 0.936. The molecule has 0 spiro atoms. The number of nitrogens with one attached hydrogen (secondary N) is 1. The van der Waals surface area contributed by atoms with Gasteiger partial charge in [-0.05, 0) is 19.4 Å². The highest BCUT2D eigenvalue weighted by Crippen LogP contribution is 2.39. The highest BCUT2D eigenvalue weighted by atomic mass is 32.1. The number of hydrogen-bond acceptors (Lipinski definition) is 4. The molecule has 2 heterocycles. The molecule has 0 aliphatic rings. The number of nitrogens with zero attached hydrogens (tertiary/aromatic N) is 3. The summed E-state index contributed by atoms with van der Waals surface area (Å²) in [7, 11) is 4.10. The number of fused-ring (bicyclic) bond motifs is 1. The summed E-state index contributed by atoms with van der Waals surface area (Å²) in [5.41, 5.74) is 2.30. The summed E-state index contributed by atoms with van der Waals surface area (Å²) in [6.45, 7) is 5.09. The van der Waals surface area contributed by atoms with Gasteiger partial charge in [-0.1, -0.05) is 6.92 Å². The van der Waals surface area contributed by atoms with E-state index in [4.69, 9.17) is 0 Å². The van der Waals surface area contributed by atoms with E-state index in [1.807, 2.05) is 12.3 Å². The van der Waals surface area contributed by atoms with Gasteiger partial charge >= 0.3 is 0 Å². The van der Waals surface area contributed by atoms with E-state index in [0.29, 0.717) is 0 Å². The molecule has 0 aliphatic carbocycles. The van der Waals surface area contributed by atoms with E-state index < -0.39 is 0 Å². The second-order valence-corrected chi connectivity index (χ2v) is 5.82. The highest BCUT2D eigenvalue weighted by molar-refractivity contribution is 7.19. The minimum atomic E-state index is 0.854. The molecule has 0 aliphatic heterocycles. The quantitative estimate of drug-likeness (QED) is 0.671. The zero-order valence-electron chi connectivity index (χ0n) is 11.9. The minimum Gasteiger partial charge on any atom is -0.377 e. The predicted octanol–water partition coefficient (Wildman–Crippen LogP) is 3.52. The van der Waals surface area contributed by atoms with Crippen LogP contribution in [0.5, 0.6) is 0 Å². The summed E-state index contributed by atoms with van der Waals surface area (Å²) in [4.78, 5) is 13.2. The van der Waals surface area contributed by atoms with Crippen LogP contribution in [0.1, 0.15) is 18.2 Å². The van der Waals surface area contributed by atoms with Crippen molar-refractivity contribution in [3.8, 4) is 0 Å². The molecular formula is C14H20N4S. The van der Waals surface area contributed by atoms with Crippen LogP contribution in [0.15, 0.2) is 17.3 Å². The number of thiophene rings is 1. The van der Waals surface area contributed by atoms with Crippen LogP contribution in [-0.2, 0) is 0 Å². The third-order valence-corrected chi connectivity index (χ3v) is 3.89. The van der Waals surface area contributed by atoms with Gasteiger partial charge in [0.2, 0.25) is 0 Å². The molecule has 102 valence electrons. The molecule has 0 amide bonds. The van der Waals surface area contributed by atoms with E-state index in [9.17, 15) is 0 Å². The SMILES string of the molecule is CCCN=CNc1c(C)sc2nccc(N(C)C)c12. The van der Waals surface area contributed by atoms with Gasteiger partial charge in [0.1, 0.15) is 4.83 Å². The third-order valence-electron chi connectivity index (χ3n) is 2.88. The molecule has 19 heavy (non-hydrogen) atoms. The van der Waals surface area contributed by atoms with Crippen molar-refractivity contribution in [2.24, 2.45) is 4.99 Å². The molecule has 0 unspecified atom stereocenters. The molecule has 2 aromatic heterocycles. The molecule has 0 fully saturated rings. The highest BCUT2D eigenvalue weighted by Gasteiger charge is 2.14. The van der Waals surface area contributed by atoms with Gasteiger partial charge in [0, 0.05) is 31.7 Å². The first-order chi connectivity index (χ1) is 9.15. The van der Waals surface area contributed by atoms with Gasteiger partial charge < -0.3 is 10.2 Å². The molecule has 4 nitrogen and oxygen atoms in total. The zero-order valence-corrected chi connectivity index (χ0v) is 12.7. The molecule has 0 atom stereocenters. The number of rotatable bonds is 5. The van der Waals surface area contributed by atoms with Crippen molar-refractivity contribution < 1.29 is 0 Å². The number of aromatic nitrogens is 1. The molecule has 0 bridgehead atoms. The zero-order chi connectivity index (χ0) is 13.8. The van der Waals surface area contributed by atoms with E-state index in [-0.39, 0.29) is 0 Å². The average Bonchev–Trinajstić information content (AvgIpc) is 2.70. The van der Waals surface area contributed by atoms with Crippen molar-refractivity contribution in [2.75, 3.05) is 30.9 Å². The van der Waals surface area contributed by atoms with Gasteiger partial charge in [-0.3, -0.25) is 4.99 Å². The lowest BCUT2D eigenvalue weighted by atomic mass is 10.2. The Morgan fingerprint density at radius 2 is 2.26 bits per heavy atom. The molecule has 0 saturated carbocycles. The van der Waals surface area contributed by atoms with Crippen molar-refractivity contribution in [3.63, 3.8) is 0 Å². The van der Waals surface area contributed by atoms with Crippen LogP contribution in [0.4, 0.5) is 11.4 Å². The second kappa shape index (κ2) is 6.02. The Hall–Kier alpha value is -1.62. The molecule has 2 rings (SSSR count). The molecule has 0 aromatic carbocycles. The summed E-state index contributed by atoms with van der Waals surface area (Å²) in [6.07, 6.45) is 4.72. The summed E-state index contributed by atoms with van der Waals surface area (Å²) in [5, 5.41) is 4.50. The van der Waals surface area contributed by atoms with E-state index in [1.54, 1.807) is 17.7 Å². The van der Waals surface area contributed by atoms with Gasteiger partial charge in [0.25, 0.3) is 0 Å². The van der Waals surface area contributed by atoms with Gasteiger partial charge in [0.15, 0.2) is 0 Å². The molecule has 1 N–H and O–H groups in total. The van der Waals surface area contributed by atoms with Crippen LogP contribution >= 0.6 is 11.3 Å². The summed E-state index contributed by atoms with van der Waals surface area (Å²) in [5.74, 6) is 0. The monoisotopic (exact) mass is 276 g/mol. The number of anilines is 2. The first kappa shape index (κ1) is 13.8. The second-order valence-electron chi connectivity index (χ2n) is 4.62. The average molecular weight is 276 g/mol. The van der Waals surface area contributed by atoms with Crippen molar-refractivity contribution >= 4 is 39.3 Å². The number of aryl methyl sites for hydroxylation is 1. The number of aliphatic imine (C=N–C) groups is 1. The number of pyridine rings is 1. The van der Waals surface area contributed by atoms with E-state index in [2.05, 4.69) is 48.1 Å². The minimum absolute atomic E-state index is 0.854. The first-order valence-corrected chi connectivity index (χ1v) is 7.27. The van der Waals surface area contributed by atoms with Crippen molar-refractivity contribution in [2.45, 2.75) is 20.3 Å². The summed E-state index contributed by atoms with van der Waals surface area (Å²) >= 11 is 1.71. The fourth-order valence-electron chi connectivity index (χ4n) is 1.97. The van der Waals surface area contributed by atoms with Crippen LogP contribution in [0.25, 0.3) is 10.2 Å². The van der Waals surface area contributed by atoms with Crippen molar-refractivity contribution in [1.29, 1.82) is 0 Å². The van der Waals surface area contributed by atoms with Gasteiger partial charge in [-0.25, -0.2) is 4.98 Å². The van der Waals surface area contributed by atoms with E-state index in [1.165, 1.54) is 16.0 Å². The smallest absolute Gasteiger partial charge is 0.127 e. The fourth-order valence-corrected chi connectivity index (χ4v) is 2.94. The Kier molecular flexibility index (Phi) is 4.37. The van der Waals surface area contributed by atoms with E-state index in [0.717, 1.165) is 23.5 Å². The molecular weight excluding hydrogens is 256 g/mol. The molecule has 2 aromatic rings. The number of hydrogen-bond donors (Lipinski definition) is 1. The standard InChI is InChI=1S/C14H20N4S/c1-5-7-15-9-17-13-10(2)19-14-12(13)11(18(3)4)6-8-16-14/h6,8-9H,5,7H2,1-4H3,(H,15,17). The normalized spacial score (nSPS) is 11.4. The maximum Gasteiger partial charge on any atom is 0.127 e. The van der Waals surface area contributed by atoms with Crippen LogP contribution in [-0.4, -0.2) is 32.0 Å². The Balaban J connectivity index is 2.44. The Bertz CT molecular complexity index is 586. The Labute approximate surface area is 118 Å². The van der Waals surface area contributed by atoms with Gasteiger partial charge in [-0.2, -0.15) is 0 Å². The first-order valence-electron chi connectivity index (χ1n) is 6.45. The molecule has 5 heteroatoms. The van der Waals surface area contributed by atoms with Crippen LogP contribution in [0.3, 0.4) is 0 Å². The van der Waals surface area contributed by atoms with Crippen molar-refractivity contribution in [1.82, 2.24) is 4.98 Å². The van der Waals surface area contributed by atoms with Crippen molar-refractivity contribution in [3.05, 3.63) is 17.1 Å². The lowest BCUT2D eigenvalue weighted by Gasteiger charge is -2.14. The summed E-state index contributed by atoms with van der Waals surface area (Å²) in [6, 6.07) is 2.04. The molecule has 0 saturated heterocycles. The predicted molar refractivity (Wildman–Crippen MR) is 86.0 cm³/mol. The maximum absolute atomic E-state index is 4.46. The largest absolute Gasteiger partial charge is 0.377 e. The van der Waals surface area contributed by atoms with Crippen LogP contribution < -0.4 is 10.2 Å². The lowest BCUT2D eigenvalue weighted by Crippen LogP contribution is -2.09.